The average Bonchev–Trinajstić information content (AvgIpc) is 4.19. The minimum atomic E-state index is -2.91. The summed E-state index contributed by atoms with van der Waals surface area (Å²) in [5.74, 6) is -14.0. The number of alkyl halides is 2. The highest BCUT2D eigenvalue weighted by atomic mass is 19.3. The minimum Gasteiger partial charge on any atom is -0.491 e. The second-order valence-corrected chi connectivity index (χ2v) is 14.1. The van der Waals surface area contributed by atoms with Gasteiger partial charge in [0, 0.05) is 24.6 Å². The predicted octanol–water partition coefficient (Wildman–Crippen LogP) is 9.70. The van der Waals surface area contributed by atoms with E-state index in [-0.39, 0.29) is 33.6 Å². The Labute approximate surface area is 386 Å². The molecule has 3 aromatic heterocycles. The molecule has 15 nitrogen and oxygen atoms in total. The molecule has 2 aliphatic rings. The Morgan fingerprint density at radius 2 is 1.00 bits per heavy atom. The number of fused-ring (bicyclic) bond motifs is 3. The van der Waals surface area contributed by atoms with Crippen molar-refractivity contribution in [2.75, 3.05) is 21.3 Å². The number of benzene rings is 3. The highest BCUT2D eigenvalue weighted by Gasteiger charge is 2.29. The first kappa shape index (κ1) is 55.9. The Morgan fingerprint density at radius 1 is 0.609 bits per heavy atom. The van der Waals surface area contributed by atoms with Crippen LogP contribution in [0, 0.1) is 34.9 Å². The van der Waals surface area contributed by atoms with Crippen LogP contribution >= 0.6 is 0 Å². The lowest BCUT2D eigenvalue weighted by molar-refractivity contribution is 0.0683. The van der Waals surface area contributed by atoms with Gasteiger partial charge in [-0.1, -0.05) is 47.0 Å². The molecule has 3 aromatic carbocycles. The van der Waals surface area contributed by atoms with Gasteiger partial charge in [-0.2, -0.15) is 13.2 Å². The number of nitrogens with zero attached hydrogens (tertiary/aromatic N) is 2. The Balaban J connectivity index is 0.000000257. The van der Waals surface area contributed by atoms with Crippen LogP contribution in [0.3, 0.4) is 0 Å². The molecule has 69 heavy (non-hydrogen) atoms. The van der Waals surface area contributed by atoms with Gasteiger partial charge in [-0.05, 0) is 37.5 Å². The lowest BCUT2D eigenvalue weighted by atomic mass is 9.92. The Morgan fingerprint density at radius 3 is 1.39 bits per heavy atom. The van der Waals surface area contributed by atoms with Crippen LogP contribution in [0.25, 0.3) is 32.7 Å². The Kier molecular flexibility index (Phi) is 19.9. The van der Waals surface area contributed by atoms with Crippen molar-refractivity contribution in [2.45, 2.75) is 85.2 Å². The van der Waals surface area contributed by atoms with Crippen molar-refractivity contribution in [1.29, 1.82) is 0 Å². The van der Waals surface area contributed by atoms with Crippen molar-refractivity contribution >= 4 is 50.6 Å². The fraction of sp³-hybridized carbons (Fsp3) is 0.348. The smallest absolute Gasteiger partial charge is 0.341 e. The highest BCUT2D eigenvalue weighted by Crippen LogP contribution is 2.38. The Bertz CT molecular complexity index is 3050. The topological polar surface area (TPSA) is 216 Å². The van der Waals surface area contributed by atoms with Crippen LogP contribution in [-0.4, -0.2) is 75.1 Å². The van der Waals surface area contributed by atoms with Crippen LogP contribution in [0.4, 0.5) is 35.1 Å². The van der Waals surface area contributed by atoms with Crippen LogP contribution in [-0.2, 0) is 6.54 Å². The molecule has 2 fully saturated rings. The van der Waals surface area contributed by atoms with Gasteiger partial charge in [0.15, 0.2) is 34.7 Å². The molecule has 3 heterocycles. The zero-order chi connectivity index (χ0) is 52.2. The third-order valence-corrected chi connectivity index (χ3v) is 9.86. The molecule has 374 valence electrons. The molecule has 8 rings (SSSR count). The summed E-state index contributed by atoms with van der Waals surface area (Å²) in [5, 5.41) is 25.8. The van der Waals surface area contributed by atoms with Gasteiger partial charge in [-0.25, -0.2) is 36.3 Å². The van der Waals surface area contributed by atoms with E-state index in [1.165, 1.54) is 37.1 Å². The van der Waals surface area contributed by atoms with E-state index in [1.807, 2.05) is 27.7 Å². The summed E-state index contributed by atoms with van der Waals surface area (Å²) in [5.41, 5.74) is -5.16. The van der Waals surface area contributed by atoms with Gasteiger partial charge in [-0.15, -0.1) is 0 Å². The summed E-state index contributed by atoms with van der Waals surface area (Å²) in [6.45, 7) is 6.98. The van der Waals surface area contributed by atoms with E-state index in [4.69, 9.17) is 20.1 Å². The maximum absolute atomic E-state index is 14.0. The number of rotatable bonds is 9. The van der Waals surface area contributed by atoms with E-state index in [9.17, 15) is 63.9 Å². The number of aromatic nitrogens is 3. The largest absolute Gasteiger partial charge is 0.491 e. The quantitative estimate of drug-likeness (QED) is 0.0996. The predicted molar refractivity (Wildman–Crippen MR) is 237 cm³/mol. The summed E-state index contributed by atoms with van der Waals surface area (Å²) < 4.78 is 123. The van der Waals surface area contributed by atoms with E-state index >= 15 is 0 Å². The summed E-state index contributed by atoms with van der Waals surface area (Å²) in [4.78, 5) is 71.4. The van der Waals surface area contributed by atoms with Crippen molar-refractivity contribution in [3.8, 4) is 17.2 Å². The number of pyridine rings is 3. The summed E-state index contributed by atoms with van der Waals surface area (Å²) in [7, 11) is 3.26. The molecule has 0 radical (unpaired) electrons. The van der Waals surface area contributed by atoms with Crippen LogP contribution in [0.1, 0.15) is 103 Å². The number of halogens is 8. The molecular formula is C46H47F8N3O12. The van der Waals surface area contributed by atoms with Crippen molar-refractivity contribution in [2.24, 2.45) is 0 Å². The SMILES string of the molecule is C1CC1.CC.CC.COc1c(F)c(F)cc2c(=O)c(C(=O)O)c[nH]c12.COc1c(F)c(F)cc2c(=O)c(C(=O)O)cn(C3CCC3)c12.COc1c(F)c(F)cc2c(=O)c(C(=O)O)cn(CC(F)F)c12. The second-order valence-electron chi connectivity index (χ2n) is 14.1. The van der Waals surface area contributed by atoms with Crippen molar-refractivity contribution in [1.82, 2.24) is 14.1 Å². The third kappa shape index (κ3) is 12.2. The number of carboxylic acid groups (broad SMARTS) is 3. The number of nitrogens with one attached hydrogen (secondary N) is 1. The molecule has 6 aromatic rings. The van der Waals surface area contributed by atoms with Gasteiger partial charge in [0.05, 0.1) is 60.6 Å². The fourth-order valence-electron chi connectivity index (χ4n) is 6.46. The number of ether oxygens (including phenoxy) is 3. The second kappa shape index (κ2) is 24.5. The van der Waals surface area contributed by atoms with Crippen LogP contribution in [0.2, 0.25) is 0 Å². The van der Waals surface area contributed by atoms with Gasteiger partial charge in [-0.3, -0.25) is 14.4 Å². The maximum atomic E-state index is 14.0. The lowest BCUT2D eigenvalue weighted by Gasteiger charge is -2.30. The molecule has 0 unspecified atom stereocenters. The zero-order valence-electron chi connectivity index (χ0n) is 38.0. The first-order valence-corrected chi connectivity index (χ1v) is 21.0. The van der Waals surface area contributed by atoms with Crippen molar-refractivity contribution in [3.63, 3.8) is 0 Å². The van der Waals surface area contributed by atoms with E-state index < -0.39 is 121 Å². The lowest BCUT2D eigenvalue weighted by Crippen LogP contribution is -2.25. The van der Waals surface area contributed by atoms with E-state index in [2.05, 4.69) is 14.5 Å². The number of H-pyrrole nitrogens is 1. The summed E-state index contributed by atoms with van der Waals surface area (Å²) in [6.07, 6.45) is 6.85. The number of carbonyl (C=O) groups is 3. The molecule has 4 N–H and O–H groups in total. The number of carboxylic acids is 3. The van der Waals surface area contributed by atoms with Gasteiger partial charge in [0.2, 0.25) is 33.7 Å². The molecule has 0 aliphatic heterocycles. The molecule has 0 bridgehead atoms. The van der Waals surface area contributed by atoms with E-state index in [0.29, 0.717) is 22.9 Å². The van der Waals surface area contributed by atoms with Gasteiger partial charge in [0.25, 0.3) is 6.43 Å². The van der Waals surface area contributed by atoms with Gasteiger partial charge in [0.1, 0.15) is 16.7 Å². The molecule has 0 atom stereocenters. The standard InChI is InChI=1S/C15H13F2NO4.C13H9F4NO4.C11H7F2NO4.C3H6.2C2H6/c1-22-14-11(17)10(16)5-8-12(14)18(7-3-2-4-7)6-9(13(8)19)15(20)21;1-22-12-9(17)7(14)2-5-10(12)18(4-8(15)16)3-6(11(5)19)13(20)21;1-18-10-7(13)6(12)2-4-8(10)14-3-5(9(4)15)11(16)17;1-2-3-1;2*1-2/h5-7H,2-4H2,1H3,(H,20,21);2-3,8H,4H2,1H3,(H,20,21);2-3H,1H3,(H,14,15)(H,16,17);1-3H2;2*1-2H3. The number of hydrogen-bond acceptors (Lipinski definition) is 9. The molecule has 0 amide bonds. The molecule has 2 saturated carbocycles. The van der Waals surface area contributed by atoms with Gasteiger partial charge >= 0.3 is 17.9 Å². The monoisotopic (exact) mass is 985 g/mol. The molecule has 2 aliphatic carbocycles. The molecular weight excluding hydrogens is 938 g/mol. The Hall–Kier alpha value is -7.46. The third-order valence-electron chi connectivity index (χ3n) is 9.86. The average molecular weight is 986 g/mol. The fourth-order valence-corrected chi connectivity index (χ4v) is 6.46. The molecule has 0 saturated heterocycles. The van der Waals surface area contributed by atoms with Crippen LogP contribution in [0.15, 0.2) is 51.2 Å². The van der Waals surface area contributed by atoms with Crippen molar-refractivity contribution < 1.29 is 79.0 Å². The number of methoxy groups -OCH3 is 3. The normalized spacial score (nSPS) is 12.3. The first-order valence-electron chi connectivity index (χ1n) is 21.0. The summed E-state index contributed by atoms with van der Waals surface area (Å²) in [6, 6.07) is 1.78. The minimum absolute atomic E-state index is 0.0556. The van der Waals surface area contributed by atoms with Crippen LogP contribution in [0.5, 0.6) is 17.2 Å². The first-order chi connectivity index (χ1) is 32.7. The molecule has 23 heteroatoms. The summed E-state index contributed by atoms with van der Waals surface area (Å²) >= 11 is 0. The highest BCUT2D eigenvalue weighted by molar-refractivity contribution is 5.96. The van der Waals surface area contributed by atoms with Crippen LogP contribution < -0.4 is 30.5 Å². The van der Waals surface area contributed by atoms with Crippen molar-refractivity contribution in [3.05, 3.63) is 119 Å². The maximum Gasteiger partial charge on any atom is 0.341 e. The number of aromatic carboxylic acids is 3. The van der Waals surface area contributed by atoms with Gasteiger partial charge < -0.3 is 43.6 Å². The number of aromatic amines is 1. The number of hydrogen-bond donors (Lipinski definition) is 4. The van der Waals surface area contributed by atoms with E-state index in [0.717, 1.165) is 45.7 Å². The van der Waals surface area contributed by atoms with E-state index in [1.54, 1.807) is 0 Å². The zero-order valence-corrected chi connectivity index (χ0v) is 38.0. The molecule has 0 spiro atoms.